The molecule has 0 aliphatic carbocycles. The molecule has 1 aromatic heterocycles. The van der Waals surface area contributed by atoms with E-state index in [4.69, 9.17) is 42.7 Å². The number of carboxylic acid groups (broad SMARTS) is 2. The van der Waals surface area contributed by atoms with E-state index in [0.717, 1.165) is 0 Å². The first-order valence-electron chi connectivity index (χ1n) is 21.4. The number of nitrogens with zero attached hydrogens (tertiary/aromatic N) is 3. The zero-order valence-corrected chi connectivity index (χ0v) is 36.7. The molecule has 27 heteroatoms. The smallest absolute Gasteiger partial charge is 0.333 e. The summed E-state index contributed by atoms with van der Waals surface area (Å²) >= 11 is 0. The maximum Gasteiger partial charge on any atom is 0.333 e. The van der Waals surface area contributed by atoms with Gasteiger partial charge in [0.25, 0.3) is 0 Å². The largest absolute Gasteiger partial charge is 0.479 e. The fourth-order valence-corrected chi connectivity index (χ4v) is 8.25. The van der Waals surface area contributed by atoms with E-state index in [1.807, 2.05) is 0 Å². The molecule has 20 unspecified atom stereocenters. The van der Waals surface area contributed by atoms with E-state index < -0.39 is 134 Å². The Balaban J connectivity index is 1.15. The number of hydrogen-bond acceptors (Lipinski definition) is 24. The number of methoxy groups -OCH3 is 2. The second-order valence-corrected chi connectivity index (χ2v) is 16.3. The highest BCUT2D eigenvalue weighted by atomic mass is 16.7. The Hall–Kier alpha value is -3.01. The van der Waals surface area contributed by atoms with Crippen molar-refractivity contribution in [1.29, 1.82) is 0 Å². The van der Waals surface area contributed by atoms with Gasteiger partial charge in [0.05, 0.1) is 43.3 Å². The van der Waals surface area contributed by atoms with Gasteiger partial charge in [-0.1, -0.05) is 19.1 Å². The molecule has 0 aromatic carbocycles. The molecule has 4 saturated heterocycles. The number of nitrogens with one attached hydrogen (secondary N) is 4. The van der Waals surface area contributed by atoms with E-state index in [9.17, 15) is 55.2 Å². The van der Waals surface area contributed by atoms with E-state index >= 15 is 0 Å². The first-order valence-corrected chi connectivity index (χ1v) is 21.4. The van der Waals surface area contributed by atoms with Crippen LogP contribution in [0.4, 0.5) is 0 Å². The van der Waals surface area contributed by atoms with Crippen molar-refractivity contribution in [3.63, 3.8) is 0 Å². The van der Waals surface area contributed by atoms with Crippen molar-refractivity contribution < 1.29 is 98.0 Å². The van der Waals surface area contributed by atoms with Crippen LogP contribution in [0.3, 0.4) is 0 Å². The van der Waals surface area contributed by atoms with Crippen LogP contribution in [0.2, 0.25) is 0 Å². The summed E-state index contributed by atoms with van der Waals surface area (Å²) in [6, 6.07) is -1.98. The van der Waals surface area contributed by atoms with Crippen LogP contribution in [0.1, 0.15) is 32.9 Å². The molecular weight excluding hydrogens is 874 g/mol. The molecule has 5 rings (SSSR count). The minimum Gasteiger partial charge on any atom is -0.479 e. The molecule has 4 fully saturated rings. The summed E-state index contributed by atoms with van der Waals surface area (Å²) in [6.45, 7) is 5.67. The molecule has 1 aromatic rings. The zero-order chi connectivity index (χ0) is 47.5. The predicted molar refractivity (Wildman–Crippen MR) is 214 cm³/mol. The fraction of sp³-hybridized carbons (Fsp3) is 0.868. The van der Waals surface area contributed by atoms with Gasteiger partial charge in [-0.2, -0.15) is 5.48 Å². The van der Waals surface area contributed by atoms with Crippen molar-refractivity contribution in [2.24, 2.45) is 11.8 Å². The van der Waals surface area contributed by atoms with Crippen LogP contribution in [0.25, 0.3) is 0 Å². The molecule has 0 radical (unpaired) electrons. The normalized spacial score (nSPS) is 40.1. The van der Waals surface area contributed by atoms with Gasteiger partial charge in [-0.3, -0.25) is 0 Å². The number of rotatable bonds is 24. The summed E-state index contributed by atoms with van der Waals surface area (Å²) in [5.41, 5.74) is 3.39. The Morgan fingerprint density at radius 1 is 0.754 bits per heavy atom. The summed E-state index contributed by atoms with van der Waals surface area (Å²) in [5, 5.41) is 102. The molecule has 0 bridgehead atoms. The predicted octanol–water partition coefficient (Wildman–Crippen LogP) is -6.02. The monoisotopic (exact) mass is 939 g/mol. The van der Waals surface area contributed by atoms with Crippen LogP contribution < -0.4 is 21.4 Å². The van der Waals surface area contributed by atoms with E-state index in [0.29, 0.717) is 31.5 Å². The molecule has 20 atom stereocenters. The molecule has 4 aliphatic heterocycles. The lowest BCUT2D eigenvalue weighted by molar-refractivity contribution is -0.337. The topological polar surface area (TPSA) is 375 Å². The molecule has 27 nitrogen and oxygen atoms in total. The summed E-state index contributed by atoms with van der Waals surface area (Å²) in [7, 11) is 2.71. The highest BCUT2D eigenvalue weighted by Gasteiger charge is 2.54. The van der Waals surface area contributed by atoms with E-state index in [1.54, 1.807) is 17.8 Å². The third kappa shape index (κ3) is 12.8. The van der Waals surface area contributed by atoms with Crippen molar-refractivity contribution in [2.75, 3.05) is 47.0 Å². The second kappa shape index (κ2) is 24.8. The number of hydrogen-bond donors (Lipinski definition) is 12. The van der Waals surface area contributed by atoms with Gasteiger partial charge in [0.1, 0.15) is 61.2 Å². The minimum atomic E-state index is -1.67. The number of aliphatic hydroxyl groups excluding tert-OH is 6. The van der Waals surface area contributed by atoms with Gasteiger partial charge in [0, 0.05) is 52.2 Å². The number of aryl methyl sites for hydroxylation is 1. The molecule has 12 N–H and O–H groups in total. The van der Waals surface area contributed by atoms with E-state index in [-0.39, 0.29) is 32.8 Å². The number of hydroxylamine groups is 1. The van der Waals surface area contributed by atoms with E-state index in [2.05, 4.69) is 31.7 Å². The summed E-state index contributed by atoms with van der Waals surface area (Å²) in [5.74, 6) is -4.67. The van der Waals surface area contributed by atoms with Gasteiger partial charge in [-0.15, -0.1) is 5.10 Å². The number of aliphatic carboxylic acids is 2. The standard InChI is InChI=1S/C38H65N7O20/c1-6-59-43-22-32(65-38-28(52)24(48)17(3)30(63-38)34(55)56)26(50)19(61-36(22)58-5)14-39-8-7-10-45-18(13-42-44-45)12-40-15-20-25(49)31(21(41-9-11-46)35(57-4)60-20)64-37-27(51)23(47)16(2)29(62-37)33(53)54/h11,13,16-17,19-32,35-41,43,47-52H,6-10,12,14-15H2,1-5H3,(H,53,54)(H,55,56). The average Bonchev–Trinajstić information content (AvgIpc) is 3.73. The number of aldehydes is 1. The lowest BCUT2D eigenvalue weighted by atomic mass is 9.90. The van der Waals surface area contributed by atoms with Gasteiger partial charge in [-0.25, -0.2) is 14.3 Å². The van der Waals surface area contributed by atoms with Crippen LogP contribution in [-0.2, 0) is 70.2 Å². The maximum atomic E-state index is 11.8. The van der Waals surface area contributed by atoms with Gasteiger partial charge in [0.2, 0.25) is 0 Å². The Labute approximate surface area is 373 Å². The third-order valence-electron chi connectivity index (χ3n) is 12.0. The number of ether oxygens (including phenoxy) is 8. The van der Waals surface area contributed by atoms with E-state index in [1.165, 1.54) is 28.1 Å². The lowest BCUT2D eigenvalue weighted by Gasteiger charge is -2.47. The Morgan fingerprint density at radius 2 is 1.28 bits per heavy atom. The molecule has 0 saturated carbocycles. The van der Waals surface area contributed by atoms with Gasteiger partial charge < -0.3 is 104 Å². The summed E-state index contributed by atoms with van der Waals surface area (Å²) in [6.07, 6.45) is -19.5. The molecule has 372 valence electrons. The molecule has 5 heterocycles. The van der Waals surface area contributed by atoms with Crippen molar-refractivity contribution in [3.05, 3.63) is 11.9 Å². The molecule has 4 aliphatic rings. The van der Waals surface area contributed by atoms with Crippen molar-refractivity contribution in [3.8, 4) is 0 Å². The first-order chi connectivity index (χ1) is 31.1. The van der Waals surface area contributed by atoms with Gasteiger partial charge in [-0.05, 0) is 19.9 Å². The Bertz CT molecular complexity index is 1640. The minimum absolute atomic E-state index is 0.0169. The third-order valence-corrected chi connectivity index (χ3v) is 12.0. The molecule has 0 spiro atoms. The SMILES string of the molecule is CCONC1C(OC)OC(CNCCCn2nncc2CNCC2OC(OC)C(NCC=O)C(OC3OC(C(=O)O)C(C)C(O)C3O)C2O)C(O)C1OC1OC(C(=O)O)C(C)C(O)C1O. The fourth-order valence-electron chi connectivity index (χ4n) is 8.25. The number of aromatic nitrogens is 3. The van der Waals surface area contributed by atoms with Crippen LogP contribution in [0.15, 0.2) is 6.20 Å². The zero-order valence-electron chi connectivity index (χ0n) is 36.7. The number of carbonyl (C=O) groups excluding carboxylic acids is 1. The van der Waals surface area contributed by atoms with Crippen molar-refractivity contribution >= 4 is 18.2 Å². The van der Waals surface area contributed by atoms with Gasteiger partial charge in [0.15, 0.2) is 37.4 Å². The van der Waals surface area contributed by atoms with Crippen molar-refractivity contribution in [1.82, 2.24) is 36.4 Å². The van der Waals surface area contributed by atoms with Gasteiger partial charge >= 0.3 is 11.9 Å². The van der Waals surface area contributed by atoms with Crippen molar-refractivity contribution in [2.45, 2.75) is 151 Å². The Kier molecular flexibility index (Phi) is 20.2. The second-order valence-electron chi connectivity index (χ2n) is 16.3. The summed E-state index contributed by atoms with van der Waals surface area (Å²) < 4.78 is 47.8. The lowest BCUT2D eigenvalue weighted by Crippen LogP contribution is -2.67. The van der Waals surface area contributed by atoms with Crippen LogP contribution in [0, 0.1) is 11.8 Å². The highest BCUT2D eigenvalue weighted by molar-refractivity contribution is 5.73. The number of carbonyl (C=O) groups is 3. The Morgan fingerprint density at radius 3 is 1.78 bits per heavy atom. The van der Waals surface area contributed by atoms with Crippen LogP contribution >= 0.6 is 0 Å². The number of aliphatic hydroxyl groups is 6. The van der Waals surface area contributed by atoms with Crippen LogP contribution in [0.5, 0.6) is 0 Å². The maximum absolute atomic E-state index is 11.8. The molecule has 65 heavy (non-hydrogen) atoms. The quantitative estimate of drug-likeness (QED) is 0.0261. The number of carboxylic acids is 2. The van der Waals surface area contributed by atoms with Crippen LogP contribution in [-0.4, -0.2) is 232 Å². The molecule has 0 amide bonds. The molecular formula is C38H65N7O20. The average molecular weight is 940 g/mol. The summed E-state index contributed by atoms with van der Waals surface area (Å²) in [4.78, 5) is 40.3. The highest BCUT2D eigenvalue weighted by Crippen LogP contribution is 2.33. The first kappa shape index (κ1) is 53.0.